The maximum atomic E-state index is 11.1. The number of aliphatic hydroxyl groups is 3. The molecule has 4 rings (SSSR count). The molecule has 6 N–H and O–H groups in total. The molecule has 0 bridgehead atoms. The molecule has 2 heterocycles. The van der Waals surface area contributed by atoms with Gasteiger partial charge in [-0.15, -0.1) is 0 Å². The highest BCUT2D eigenvalue weighted by Gasteiger charge is 2.46. The van der Waals surface area contributed by atoms with Crippen LogP contribution in [0.2, 0.25) is 0 Å². The highest BCUT2D eigenvalue weighted by atomic mass is 16.7. The third-order valence-electron chi connectivity index (χ3n) is 5.84. The molecule has 3 aliphatic rings. The van der Waals surface area contributed by atoms with Gasteiger partial charge in [0, 0.05) is 11.6 Å². The molecule has 1 aromatic carbocycles. The van der Waals surface area contributed by atoms with E-state index < -0.39 is 43.3 Å². The van der Waals surface area contributed by atoms with E-state index in [1.807, 2.05) is 5.32 Å². The fourth-order valence-corrected chi connectivity index (χ4v) is 4.27. The van der Waals surface area contributed by atoms with Gasteiger partial charge in [0.2, 0.25) is 6.29 Å². The van der Waals surface area contributed by atoms with E-state index in [0.29, 0.717) is 11.5 Å². The Kier molecular flexibility index (Phi) is 5.80. The van der Waals surface area contributed by atoms with Gasteiger partial charge in [-0.05, 0) is 42.9 Å². The van der Waals surface area contributed by atoms with Crippen molar-refractivity contribution in [3.05, 3.63) is 35.6 Å². The van der Waals surface area contributed by atoms with Gasteiger partial charge in [-0.2, -0.15) is 0 Å². The lowest BCUT2D eigenvalue weighted by Crippen LogP contribution is -2.65. The van der Waals surface area contributed by atoms with Crippen molar-refractivity contribution in [2.24, 2.45) is 0 Å². The number of amides is 1. The molecule has 1 aromatic rings. The Labute approximate surface area is 178 Å². The molecule has 1 amide bonds. The molecule has 0 saturated carbocycles. The third-order valence-corrected chi connectivity index (χ3v) is 5.84. The van der Waals surface area contributed by atoms with E-state index in [9.17, 15) is 25.2 Å². The molecular formula is C21H25NO9. The number of allylic oxidation sites excluding steroid dienone is 2. The van der Waals surface area contributed by atoms with Crippen molar-refractivity contribution >= 4 is 11.7 Å². The van der Waals surface area contributed by atoms with Crippen molar-refractivity contribution in [2.75, 3.05) is 6.61 Å². The number of benzene rings is 1. The highest BCUT2D eigenvalue weighted by Crippen LogP contribution is 2.48. The lowest BCUT2D eigenvalue weighted by Gasteiger charge is -2.41. The Balaban J connectivity index is 1.65. The van der Waals surface area contributed by atoms with Crippen LogP contribution in [0.1, 0.15) is 31.2 Å². The largest absolute Gasteiger partial charge is 0.504 e. The van der Waals surface area contributed by atoms with Gasteiger partial charge in [0.05, 0.1) is 6.61 Å². The quantitative estimate of drug-likeness (QED) is 0.407. The number of rotatable bonds is 4. The summed E-state index contributed by atoms with van der Waals surface area (Å²) in [5, 5.41) is 51.5. The van der Waals surface area contributed by atoms with Crippen molar-refractivity contribution < 1.29 is 44.5 Å². The topological polar surface area (TPSA) is 158 Å². The smallest absolute Gasteiger partial charge is 0.405 e. The Hall–Kier alpha value is -2.79. The number of hydrogen-bond donors (Lipinski definition) is 6. The summed E-state index contributed by atoms with van der Waals surface area (Å²) in [5.74, 6) is 0.661. The zero-order valence-electron chi connectivity index (χ0n) is 16.7. The average molecular weight is 435 g/mol. The minimum absolute atomic E-state index is 0.0751. The minimum Gasteiger partial charge on any atom is -0.504 e. The second kappa shape index (κ2) is 8.39. The van der Waals surface area contributed by atoms with Gasteiger partial charge >= 0.3 is 6.09 Å². The van der Waals surface area contributed by atoms with Crippen LogP contribution in [0.25, 0.3) is 5.57 Å². The van der Waals surface area contributed by atoms with Gasteiger partial charge in [0.1, 0.15) is 35.9 Å². The second-order valence-electron chi connectivity index (χ2n) is 7.81. The molecule has 0 aromatic heterocycles. The predicted molar refractivity (Wildman–Crippen MR) is 107 cm³/mol. The normalized spacial score (nSPS) is 30.2. The van der Waals surface area contributed by atoms with Crippen LogP contribution in [0.4, 0.5) is 4.79 Å². The van der Waals surface area contributed by atoms with Crippen molar-refractivity contribution in [2.45, 2.75) is 56.3 Å². The first-order chi connectivity index (χ1) is 14.8. The van der Waals surface area contributed by atoms with Crippen molar-refractivity contribution in [1.82, 2.24) is 5.32 Å². The molecule has 2 unspecified atom stereocenters. The van der Waals surface area contributed by atoms with Gasteiger partial charge in [0.25, 0.3) is 0 Å². The molecule has 2 aliphatic heterocycles. The molecule has 168 valence electrons. The van der Waals surface area contributed by atoms with E-state index in [0.717, 1.165) is 42.4 Å². The van der Waals surface area contributed by atoms with Gasteiger partial charge in [-0.3, -0.25) is 0 Å². The molecule has 1 fully saturated rings. The summed E-state index contributed by atoms with van der Waals surface area (Å²) in [6.45, 7) is 3.35. The van der Waals surface area contributed by atoms with Crippen LogP contribution in [0, 0.1) is 0 Å². The summed E-state index contributed by atoms with van der Waals surface area (Å²) < 4.78 is 17.0. The fraction of sp³-hybridized carbons (Fsp3) is 0.476. The first-order valence-electron chi connectivity index (χ1n) is 10.0. The maximum absolute atomic E-state index is 11.1. The lowest BCUT2D eigenvalue weighted by molar-refractivity contribution is -0.243. The van der Waals surface area contributed by atoms with Gasteiger partial charge in [0.15, 0.2) is 11.5 Å². The molecule has 10 nitrogen and oxygen atoms in total. The molecule has 0 radical (unpaired) electrons. The first kappa shape index (κ1) is 21.4. The van der Waals surface area contributed by atoms with Crippen molar-refractivity contribution in [3.63, 3.8) is 0 Å². The molecule has 31 heavy (non-hydrogen) atoms. The number of phenols is 1. The number of aliphatic hydroxyl groups excluding tert-OH is 3. The molecule has 1 aliphatic carbocycles. The molecule has 1 saturated heterocycles. The van der Waals surface area contributed by atoms with Crippen LogP contribution in [-0.2, 0) is 4.74 Å². The Bertz CT molecular complexity index is 928. The Morgan fingerprint density at radius 3 is 2.58 bits per heavy atom. The zero-order valence-corrected chi connectivity index (χ0v) is 16.7. The zero-order chi connectivity index (χ0) is 22.3. The summed E-state index contributed by atoms with van der Waals surface area (Å²) in [6, 6.07) is 1.57. The average Bonchev–Trinajstić information content (AvgIpc) is 2.74. The summed E-state index contributed by atoms with van der Waals surface area (Å²) in [4.78, 5) is 11.1. The van der Waals surface area contributed by atoms with E-state index in [-0.39, 0.29) is 11.5 Å². The maximum Gasteiger partial charge on any atom is 0.405 e. The van der Waals surface area contributed by atoms with E-state index in [2.05, 4.69) is 6.58 Å². The Morgan fingerprint density at radius 1 is 1.19 bits per heavy atom. The summed E-state index contributed by atoms with van der Waals surface area (Å²) in [6.07, 6.45) is -3.52. The van der Waals surface area contributed by atoms with Gasteiger partial charge < -0.3 is 45.1 Å². The molecule has 5 atom stereocenters. The third kappa shape index (κ3) is 3.94. The highest BCUT2D eigenvalue weighted by molar-refractivity contribution is 5.80. The van der Waals surface area contributed by atoms with Gasteiger partial charge in [-0.25, -0.2) is 4.79 Å². The lowest BCUT2D eigenvalue weighted by atomic mass is 9.84. The van der Waals surface area contributed by atoms with Crippen molar-refractivity contribution in [1.29, 1.82) is 0 Å². The van der Waals surface area contributed by atoms with E-state index >= 15 is 0 Å². The summed E-state index contributed by atoms with van der Waals surface area (Å²) >= 11 is 0. The Morgan fingerprint density at radius 2 is 1.90 bits per heavy atom. The summed E-state index contributed by atoms with van der Waals surface area (Å²) in [5.41, 5.74) is 2.84. The van der Waals surface area contributed by atoms with E-state index in [1.54, 1.807) is 0 Å². The fourth-order valence-electron chi connectivity index (χ4n) is 4.27. The van der Waals surface area contributed by atoms with Crippen LogP contribution in [0.15, 0.2) is 30.0 Å². The van der Waals surface area contributed by atoms with Gasteiger partial charge in [-0.1, -0.05) is 6.58 Å². The monoisotopic (exact) mass is 435 g/mol. The molecule has 10 heteroatoms. The van der Waals surface area contributed by atoms with Crippen LogP contribution >= 0.6 is 0 Å². The van der Waals surface area contributed by atoms with Crippen LogP contribution < -0.4 is 14.8 Å². The van der Waals surface area contributed by atoms with E-state index in [4.69, 9.17) is 19.3 Å². The standard InChI is InChI=1S/C21H25NO9/c1-9-10-4-2-3-5-11(10)12-6-13(24)15(7-14(12)29-9)30-20-17(22-21(27)28)19(26)18(25)16(8-23)31-20/h6-7,16-20,22-26H,1-5,8H2,(H,27,28)/t16?,17?,18-,19+,20-/m1/s1. The first-order valence-corrected chi connectivity index (χ1v) is 10.0. The predicted octanol–water partition coefficient (Wildman–Crippen LogP) is 1.08. The molecule has 0 spiro atoms. The summed E-state index contributed by atoms with van der Waals surface area (Å²) in [7, 11) is 0. The van der Waals surface area contributed by atoms with E-state index in [1.165, 1.54) is 12.1 Å². The number of phenolic OH excluding ortho intramolecular Hbond substituents is 1. The number of aromatic hydroxyl groups is 1. The number of fused-ring (bicyclic) bond motifs is 2. The van der Waals surface area contributed by atoms with Crippen LogP contribution in [-0.4, -0.2) is 68.9 Å². The molecular weight excluding hydrogens is 410 g/mol. The second-order valence-corrected chi connectivity index (χ2v) is 7.81. The van der Waals surface area contributed by atoms with Crippen LogP contribution in [0.5, 0.6) is 17.2 Å². The number of ether oxygens (including phenoxy) is 3. The number of carbonyl (C=O) groups is 1. The SMILES string of the molecule is C=C1Oc2cc(O[C@@H]3OC(CO)[C@@H](O)[C@@H](O)C3NC(=O)O)c(O)cc2C2=C1CCCC2. The number of nitrogens with one attached hydrogen (secondary N) is 1. The van der Waals surface area contributed by atoms with Crippen LogP contribution in [0.3, 0.4) is 0 Å². The van der Waals surface area contributed by atoms with Crippen molar-refractivity contribution in [3.8, 4) is 17.2 Å². The number of carboxylic acid groups (broad SMARTS) is 1. The number of hydrogen-bond acceptors (Lipinski definition) is 8. The minimum atomic E-state index is -1.61.